The number of halogens is 4. The van der Waals surface area contributed by atoms with E-state index in [0.717, 1.165) is 29.0 Å². The van der Waals surface area contributed by atoms with Crippen molar-refractivity contribution in [3.05, 3.63) is 63.7 Å². The van der Waals surface area contributed by atoms with Gasteiger partial charge in [-0.25, -0.2) is 22.9 Å². The van der Waals surface area contributed by atoms with Crippen LogP contribution in [0.15, 0.2) is 35.3 Å². The number of aromatic nitrogens is 2. The zero-order valence-corrected chi connectivity index (χ0v) is 20.8. The first-order valence-corrected chi connectivity index (χ1v) is 11.5. The molecule has 38 heavy (non-hydrogen) atoms. The summed E-state index contributed by atoms with van der Waals surface area (Å²) in [6.07, 6.45) is 1.34. The van der Waals surface area contributed by atoms with Crippen LogP contribution in [0.25, 0.3) is 16.7 Å². The van der Waals surface area contributed by atoms with Crippen LogP contribution in [0.5, 0.6) is 0 Å². The van der Waals surface area contributed by atoms with Gasteiger partial charge in [-0.2, -0.15) is 0 Å². The van der Waals surface area contributed by atoms with E-state index in [9.17, 15) is 33.4 Å². The van der Waals surface area contributed by atoms with Gasteiger partial charge in [0.15, 0.2) is 0 Å². The van der Waals surface area contributed by atoms with Gasteiger partial charge >= 0.3 is 11.9 Å². The molecule has 2 aromatic heterocycles. The second-order valence-corrected chi connectivity index (χ2v) is 8.69. The number of carboxylic acids is 2. The van der Waals surface area contributed by atoms with Crippen molar-refractivity contribution in [2.45, 2.75) is 44.4 Å². The fourth-order valence-electron chi connectivity index (χ4n) is 4.67. The van der Waals surface area contributed by atoms with Crippen molar-refractivity contribution in [1.82, 2.24) is 14.9 Å². The number of carbonyl (C=O) groups is 2. The second-order valence-electron chi connectivity index (χ2n) is 8.69. The smallest absolute Gasteiger partial charge is 0.343 e. The molecule has 2 unspecified atom stereocenters. The quantitative estimate of drug-likeness (QED) is 0.329. The number of hydrogen-bond donors (Lipinski definition) is 4. The molecule has 1 aliphatic rings. The average molecular weight is 556 g/mol. The number of aromatic carboxylic acids is 1. The molecule has 0 spiro atoms. The number of rotatable bonds is 8. The van der Waals surface area contributed by atoms with Crippen molar-refractivity contribution in [1.29, 1.82) is 0 Å². The molecule has 14 heteroatoms. The first-order valence-electron chi connectivity index (χ1n) is 11.5. The van der Waals surface area contributed by atoms with E-state index in [4.69, 9.17) is 5.73 Å². The second kappa shape index (κ2) is 11.4. The van der Waals surface area contributed by atoms with E-state index >= 15 is 4.39 Å². The lowest BCUT2D eigenvalue weighted by Gasteiger charge is -2.34. The highest BCUT2D eigenvalue weighted by Gasteiger charge is 2.36. The van der Waals surface area contributed by atoms with Crippen molar-refractivity contribution in [3.63, 3.8) is 0 Å². The Morgan fingerprint density at radius 3 is 2.53 bits per heavy atom. The zero-order valence-electron chi connectivity index (χ0n) is 20.0. The summed E-state index contributed by atoms with van der Waals surface area (Å²) in [5, 5.41) is 22.1. The number of fused-ring (bicyclic) bond motifs is 1. The van der Waals surface area contributed by atoms with Gasteiger partial charge in [0.1, 0.15) is 40.5 Å². The third-order valence-electron chi connectivity index (χ3n) is 6.41. The Morgan fingerprint density at radius 1 is 1.21 bits per heavy atom. The predicted octanol–water partition coefficient (Wildman–Crippen LogP) is 2.63. The number of benzene rings is 1. The van der Waals surface area contributed by atoms with Crippen LogP contribution in [0, 0.1) is 17.5 Å². The van der Waals surface area contributed by atoms with Gasteiger partial charge in [-0.05, 0) is 37.5 Å². The van der Waals surface area contributed by atoms with Crippen LogP contribution in [0.2, 0.25) is 0 Å². The van der Waals surface area contributed by atoms with Crippen LogP contribution >= 0.6 is 12.4 Å². The lowest BCUT2D eigenvalue weighted by atomic mass is 10.1. The number of hydrogen-bond acceptors (Lipinski definition) is 7. The molecule has 0 saturated carbocycles. The lowest BCUT2D eigenvalue weighted by Crippen LogP contribution is -2.56. The van der Waals surface area contributed by atoms with Crippen LogP contribution < -0.4 is 21.4 Å². The minimum Gasteiger partial charge on any atom is -0.480 e. The summed E-state index contributed by atoms with van der Waals surface area (Å²) < 4.78 is 43.9. The first-order chi connectivity index (χ1) is 17.5. The first kappa shape index (κ1) is 28.9. The molecule has 3 atom stereocenters. The monoisotopic (exact) mass is 555 g/mol. The number of nitrogens with two attached hydrogens (primary N) is 1. The van der Waals surface area contributed by atoms with E-state index in [0.29, 0.717) is 25.3 Å². The number of aliphatic carboxylic acids is 1. The highest BCUT2D eigenvalue weighted by molar-refractivity contribution is 5.99. The van der Waals surface area contributed by atoms with E-state index in [-0.39, 0.29) is 36.1 Å². The number of nitrogens with zero attached hydrogens (tertiary/aromatic N) is 3. The summed E-state index contributed by atoms with van der Waals surface area (Å²) in [5.74, 6) is -6.02. The van der Waals surface area contributed by atoms with E-state index in [2.05, 4.69) is 10.3 Å². The molecule has 1 saturated heterocycles. The third-order valence-corrected chi connectivity index (χ3v) is 6.41. The summed E-state index contributed by atoms with van der Waals surface area (Å²) in [4.78, 5) is 42.6. The standard InChI is InChI=1S/C24H24F3N5O5.ClH/c1-2-15(19(28)24(36)37)30-17-4-3-7-31(17)22-18(23(34)35)20(33)13-8-12(26)10-29-21(13)32(22)16-6-5-11(25)9-14(16)27;/h5-6,8-10,15,17,19,30H,2-4,7,28H2,1H3,(H,34,35)(H,36,37);1H/t15?,17?,19-;/m0./s1. The minimum atomic E-state index is -1.65. The van der Waals surface area contributed by atoms with Gasteiger partial charge in [0.05, 0.1) is 23.4 Å². The maximum Gasteiger partial charge on any atom is 0.343 e. The van der Waals surface area contributed by atoms with Crippen LogP contribution in [0.3, 0.4) is 0 Å². The molecule has 0 radical (unpaired) electrons. The summed E-state index contributed by atoms with van der Waals surface area (Å²) in [6, 6.07) is 1.41. The zero-order chi connectivity index (χ0) is 27.0. The van der Waals surface area contributed by atoms with Gasteiger partial charge < -0.3 is 20.8 Å². The number of carboxylic acid groups (broad SMARTS) is 2. The summed E-state index contributed by atoms with van der Waals surface area (Å²) in [7, 11) is 0. The van der Waals surface area contributed by atoms with E-state index < -0.39 is 64.0 Å². The summed E-state index contributed by atoms with van der Waals surface area (Å²) in [5.41, 5.74) is 3.45. The summed E-state index contributed by atoms with van der Waals surface area (Å²) >= 11 is 0. The Bertz CT molecular complexity index is 1450. The Labute approximate surface area is 220 Å². The van der Waals surface area contributed by atoms with Gasteiger partial charge in [0, 0.05) is 18.7 Å². The Balaban J connectivity index is 0.00000400. The fourth-order valence-corrected chi connectivity index (χ4v) is 4.67. The molecule has 0 amide bonds. The molecule has 3 aromatic rings. The van der Waals surface area contributed by atoms with Gasteiger partial charge in [0.2, 0.25) is 5.43 Å². The van der Waals surface area contributed by atoms with E-state index in [1.807, 2.05) is 0 Å². The van der Waals surface area contributed by atoms with Gasteiger partial charge in [-0.15, -0.1) is 12.4 Å². The molecule has 0 aliphatic carbocycles. The molecular formula is C24H25ClF3N5O5. The van der Waals surface area contributed by atoms with Gasteiger partial charge in [-0.3, -0.25) is 19.5 Å². The van der Waals surface area contributed by atoms with Gasteiger partial charge in [-0.1, -0.05) is 6.92 Å². The molecule has 4 rings (SSSR count). The molecule has 0 bridgehead atoms. The fraction of sp³-hybridized carbons (Fsp3) is 0.333. The third kappa shape index (κ3) is 5.17. The molecular weight excluding hydrogens is 531 g/mol. The van der Waals surface area contributed by atoms with E-state index in [1.54, 1.807) is 6.92 Å². The van der Waals surface area contributed by atoms with Crippen LogP contribution in [-0.2, 0) is 4.79 Å². The number of anilines is 1. The maximum atomic E-state index is 15.1. The van der Waals surface area contributed by atoms with Crippen molar-refractivity contribution in [3.8, 4) is 5.69 Å². The van der Waals surface area contributed by atoms with Crippen molar-refractivity contribution in [2.75, 3.05) is 11.4 Å². The van der Waals surface area contributed by atoms with Crippen LogP contribution in [0.4, 0.5) is 19.0 Å². The Kier molecular flexibility index (Phi) is 8.65. The average Bonchev–Trinajstić information content (AvgIpc) is 3.30. The van der Waals surface area contributed by atoms with Crippen LogP contribution in [0.1, 0.15) is 36.5 Å². The molecule has 3 heterocycles. The topological polar surface area (TPSA) is 151 Å². The van der Waals surface area contributed by atoms with Crippen LogP contribution in [-0.4, -0.2) is 56.5 Å². The lowest BCUT2D eigenvalue weighted by molar-refractivity contribution is -0.139. The van der Waals surface area contributed by atoms with Gasteiger partial charge in [0.25, 0.3) is 0 Å². The summed E-state index contributed by atoms with van der Waals surface area (Å²) in [6.45, 7) is 1.92. The molecule has 1 aromatic carbocycles. The largest absolute Gasteiger partial charge is 0.480 e. The van der Waals surface area contributed by atoms with Crippen molar-refractivity contribution >= 4 is 41.2 Å². The molecule has 204 valence electrons. The molecule has 1 aliphatic heterocycles. The maximum absolute atomic E-state index is 15.1. The number of nitrogens with one attached hydrogen (secondary N) is 1. The number of pyridine rings is 2. The minimum absolute atomic E-state index is 0. The van der Waals surface area contributed by atoms with Crippen molar-refractivity contribution in [2.24, 2.45) is 5.73 Å². The normalized spacial score (nSPS) is 16.8. The Morgan fingerprint density at radius 2 is 1.92 bits per heavy atom. The Hall–Kier alpha value is -3.68. The SMILES string of the molecule is CCC(NC1CCCN1c1c(C(=O)O)c(=O)c2cc(F)cnc2n1-c1ccc(F)cc1F)[C@H](N)C(=O)O.Cl. The van der Waals surface area contributed by atoms with Crippen molar-refractivity contribution < 1.29 is 33.0 Å². The molecule has 10 nitrogen and oxygen atoms in total. The predicted molar refractivity (Wildman–Crippen MR) is 135 cm³/mol. The van der Waals surface area contributed by atoms with E-state index in [1.165, 1.54) is 4.90 Å². The molecule has 5 N–H and O–H groups in total. The molecule has 1 fully saturated rings. The highest BCUT2D eigenvalue weighted by atomic mass is 35.5. The highest BCUT2D eigenvalue weighted by Crippen LogP contribution is 2.33.